The zero-order valence-corrected chi connectivity index (χ0v) is 13.6. The zero-order valence-electron chi connectivity index (χ0n) is 12.0. The van der Waals surface area contributed by atoms with Gasteiger partial charge in [-0.2, -0.15) is 0 Å². The van der Waals surface area contributed by atoms with Crippen LogP contribution in [0.5, 0.6) is 5.75 Å². The van der Waals surface area contributed by atoms with Crippen LogP contribution in [0.25, 0.3) is 0 Å². The molecule has 0 bridgehead atoms. The van der Waals surface area contributed by atoms with Crippen LogP contribution in [-0.2, 0) is 16.1 Å². The van der Waals surface area contributed by atoms with E-state index in [0.717, 1.165) is 5.56 Å². The number of carbonyl (C=O) groups excluding carboxylic acids is 1. The number of rotatable bonds is 5. The van der Waals surface area contributed by atoms with Gasteiger partial charge in [0.1, 0.15) is 5.75 Å². The molecule has 1 rings (SSSR count). The molecule has 0 atom stereocenters. The van der Waals surface area contributed by atoms with Crippen molar-refractivity contribution in [2.75, 3.05) is 13.7 Å². The van der Waals surface area contributed by atoms with Crippen molar-refractivity contribution in [2.24, 2.45) is 0 Å². The van der Waals surface area contributed by atoms with Gasteiger partial charge in [-0.05, 0) is 32.9 Å². The first kappa shape index (κ1) is 17.1. The Bertz CT molecular complexity index is 484. The van der Waals surface area contributed by atoms with Crippen LogP contribution >= 0.6 is 23.2 Å². The maximum absolute atomic E-state index is 11.2. The molecule has 1 N–H and O–H groups in total. The largest absolute Gasteiger partial charge is 0.480 e. The van der Waals surface area contributed by atoms with E-state index in [0.29, 0.717) is 22.3 Å². The molecule has 6 heteroatoms. The minimum atomic E-state index is -0.467. The van der Waals surface area contributed by atoms with Gasteiger partial charge in [0.15, 0.2) is 6.61 Å². The molecule has 0 aliphatic carbocycles. The molecule has 1 aromatic rings. The quantitative estimate of drug-likeness (QED) is 0.845. The third kappa shape index (κ3) is 5.57. The number of carbonyl (C=O) groups is 1. The van der Waals surface area contributed by atoms with Gasteiger partial charge in [0.25, 0.3) is 0 Å². The van der Waals surface area contributed by atoms with Crippen LogP contribution in [0.15, 0.2) is 12.1 Å². The summed E-state index contributed by atoms with van der Waals surface area (Å²) in [7, 11) is 1.30. The summed E-state index contributed by atoms with van der Waals surface area (Å²) in [5, 5.41) is 4.21. The number of methoxy groups -OCH3 is 1. The number of hydrogen-bond donors (Lipinski definition) is 1. The number of ether oxygens (including phenoxy) is 2. The molecule has 112 valence electrons. The van der Waals surface area contributed by atoms with E-state index in [1.807, 2.05) is 20.8 Å². The van der Waals surface area contributed by atoms with Gasteiger partial charge in [-0.25, -0.2) is 4.79 Å². The predicted octanol–water partition coefficient (Wildman–Crippen LogP) is 3.43. The number of benzene rings is 1. The van der Waals surface area contributed by atoms with Crippen molar-refractivity contribution in [1.29, 1.82) is 0 Å². The second kappa shape index (κ2) is 7.16. The molecule has 0 radical (unpaired) electrons. The first-order chi connectivity index (χ1) is 9.23. The summed E-state index contributed by atoms with van der Waals surface area (Å²) in [6, 6.07) is 3.34. The Balaban J connectivity index is 2.92. The Morgan fingerprint density at radius 2 is 1.95 bits per heavy atom. The van der Waals surface area contributed by atoms with E-state index in [-0.39, 0.29) is 12.1 Å². The summed E-state index contributed by atoms with van der Waals surface area (Å²) in [5.41, 5.74) is 0.732. The van der Waals surface area contributed by atoms with Gasteiger partial charge in [0, 0.05) is 22.7 Å². The second-order valence-electron chi connectivity index (χ2n) is 5.34. The standard InChI is InChI=1S/C14H19Cl2NO3/c1-14(2,3)17-7-9-5-10(15)6-11(16)13(9)20-8-12(18)19-4/h5-6,17H,7-8H2,1-4H3. The molecule has 0 amide bonds. The minimum Gasteiger partial charge on any atom is -0.480 e. The van der Waals surface area contributed by atoms with Crippen molar-refractivity contribution in [1.82, 2.24) is 5.32 Å². The highest BCUT2D eigenvalue weighted by Gasteiger charge is 2.15. The Hall–Kier alpha value is -0.970. The van der Waals surface area contributed by atoms with E-state index in [9.17, 15) is 4.79 Å². The number of hydrogen-bond acceptors (Lipinski definition) is 4. The van der Waals surface area contributed by atoms with Gasteiger partial charge in [-0.3, -0.25) is 0 Å². The molecule has 0 heterocycles. The molecule has 0 spiro atoms. The van der Waals surface area contributed by atoms with Crippen molar-refractivity contribution in [3.63, 3.8) is 0 Å². The van der Waals surface area contributed by atoms with E-state index in [4.69, 9.17) is 27.9 Å². The average Bonchev–Trinajstić information content (AvgIpc) is 2.33. The number of nitrogens with one attached hydrogen (secondary N) is 1. The van der Waals surface area contributed by atoms with E-state index in [2.05, 4.69) is 10.1 Å². The molecule has 4 nitrogen and oxygen atoms in total. The van der Waals surface area contributed by atoms with Crippen LogP contribution in [0.3, 0.4) is 0 Å². The molecule has 20 heavy (non-hydrogen) atoms. The number of halogens is 2. The van der Waals surface area contributed by atoms with Gasteiger partial charge in [0.2, 0.25) is 0 Å². The Labute approximate surface area is 129 Å². The SMILES string of the molecule is COC(=O)COc1c(Cl)cc(Cl)cc1CNC(C)(C)C. The van der Waals surface area contributed by atoms with Crippen LogP contribution in [0, 0.1) is 0 Å². The van der Waals surface area contributed by atoms with Crippen LogP contribution in [0.2, 0.25) is 10.0 Å². The lowest BCUT2D eigenvalue weighted by atomic mass is 10.1. The first-order valence-electron chi connectivity index (χ1n) is 6.15. The molecular weight excluding hydrogens is 301 g/mol. The van der Waals surface area contributed by atoms with Crippen LogP contribution in [-0.4, -0.2) is 25.2 Å². The lowest BCUT2D eigenvalue weighted by Gasteiger charge is -2.22. The normalized spacial score (nSPS) is 11.3. The second-order valence-corrected chi connectivity index (χ2v) is 6.19. The summed E-state index contributed by atoms with van der Waals surface area (Å²) >= 11 is 12.1. The van der Waals surface area contributed by atoms with Gasteiger partial charge in [0.05, 0.1) is 12.1 Å². The molecule has 0 aliphatic heterocycles. The van der Waals surface area contributed by atoms with Crippen molar-refractivity contribution in [3.05, 3.63) is 27.7 Å². The Morgan fingerprint density at radius 1 is 1.30 bits per heavy atom. The van der Waals surface area contributed by atoms with Gasteiger partial charge >= 0.3 is 5.97 Å². The van der Waals surface area contributed by atoms with Crippen molar-refractivity contribution in [3.8, 4) is 5.75 Å². The summed E-state index contributed by atoms with van der Waals surface area (Å²) in [4.78, 5) is 11.2. The van der Waals surface area contributed by atoms with Gasteiger partial charge < -0.3 is 14.8 Å². The fourth-order valence-corrected chi connectivity index (χ4v) is 2.05. The topological polar surface area (TPSA) is 47.6 Å². The highest BCUT2D eigenvalue weighted by molar-refractivity contribution is 6.35. The maximum Gasteiger partial charge on any atom is 0.343 e. The third-order valence-corrected chi connectivity index (χ3v) is 2.96. The Morgan fingerprint density at radius 3 is 2.50 bits per heavy atom. The monoisotopic (exact) mass is 319 g/mol. The molecular formula is C14H19Cl2NO3. The average molecular weight is 320 g/mol. The molecule has 0 aromatic heterocycles. The zero-order chi connectivity index (χ0) is 15.3. The van der Waals surface area contributed by atoms with Gasteiger partial charge in [-0.15, -0.1) is 0 Å². The van der Waals surface area contributed by atoms with E-state index in [1.165, 1.54) is 7.11 Å². The summed E-state index contributed by atoms with van der Waals surface area (Å²) in [6.07, 6.45) is 0. The number of esters is 1. The van der Waals surface area contributed by atoms with E-state index in [1.54, 1.807) is 12.1 Å². The molecule has 0 unspecified atom stereocenters. The van der Waals surface area contributed by atoms with E-state index >= 15 is 0 Å². The van der Waals surface area contributed by atoms with E-state index < -0.39 is 5.97 Å². The fraction of sp³-hybridized carbons (Fsp3) is 0.500. The molecule has 0 fully saturated rings. The smallest absolute Gasteiger partial charge is 0.343 e. The van der Waals surface area contributed by atoms with Crippen LogP contribution in [0.1, 0.15) is 26.3 Å². The van der Waals surface area contributed by atoms with Crippen LogP contribution < -0.4 is 10.1 Å². The first-order valence-corrected chi connectivity index (χ1v) is 6.91. The minimum absolute atomic E-state index is 0.0611. The highest BCUT2D eigenvalue weighted by Crippen LogP contribution is 2.32. The molecule has 0 aliphatic rings. The third-order valence-electron chi connectivity index (χ3n) is 2.46. The van der Waals surface area contributed by atoms with Gasteiger partial charge in [-0.1, -0.05) is 23.2 Å². The maximum atomic E-state index is 11.2. The summed E-state index contributed by atoms with van der Waals surface area (Å²) < 4.78 is 9.98. The van der Waals surface area contributed by atoms with Crippen molar-refractivity contribution in [2.45, 2.75) is 32.9 Å². The summed E-state index contributed by atoms with van der Waals surface area (Å²) in [5.74, 6) is -0.0241. The molecule has 0 saturated carbocycles. The van der Waals surface area contributed by atoms with Crippen molar-refractivity contribution >= 4 is 29.2 Å². The Kier molecular flexibility index (Phi) is 6.11. The highest BCUT2D eigenvalue weighted by atomic mass is 35.5. The van der Waals surface area contributed by atoms with Crippen molar-refractivity contribution < 1.29 is 14.3 Å². The molecule has 1 aromatic carbocycles. The fourth-order valence-electron chi connectivity index (χ4n) is 1.46. The lowest BCUT2D eigenvalue weighted by molar-refractivity contribution is -0.142. The molecule has 0 saturated heterocycles. The lowest BCUT2D eigenvalue weighted by Crippen LogP contribution is -2.35. The summed E-state index contributed by atoms with van der Waals surface area (Å²) in [6.45, 7) is 6.48. The van der Waals surface area contributed by atoms with Crippen LogP contribution in [0.4, 0.5) is 0 Å². The predicted molar refractivity (Wildman–Crippen MR) is 80.6 cm³/mol.